The molecule has 9 heteroatoms. The van der Waals surface area contributed by atoms with Gasteiger partial charge in [0.15, 0.2) is 0 Å². The van der Waals surface area contributed by atoms with Crippen LogP contribution in [0, 0.1) is 26.7 Å². The van der Waals surface area contributed by atoms with Crippen LogP contribution in [0.25, 0.3) is 11.1 Å². The van der Waals surface area contributed by atoms with Gasteiger partial charge in [0.25, 0.3) is 11.5 Å². The Morgan fingerprint density at radius 3 is 2.37 bits per heavy atom. The molecule has 0 bridgehead atoms. The van der Waals surface area contributed by atoms with Gasteiger partial charge in [-0.05, 0) is 108 Å². The number of aromatic amines is 1. The van der Waals surface area contributed by atoms with Crippen molar-refractivity contribution in [3.63, 3.8) is 0 Å². The van der Waals surface area contributed by atoms with Gasteiger partial charge in [0.2, 0.25) is 5.91 Å². The molecule has 2 aromatic heterocycles. The number of piperidine rings is 1. The maximum atomic E-state index is 13.5. The van der Waals surface area contributed by atoms with Crippen molar-refractivity contribution in [3.05, 3.63) is 74.8 Å². The Morgan fingerprint density at radius 1 is 1.02 bits per heavy atom. The van der Waals surface area contributed by atoms with E-state index in [0.29, 0.717) is 28.4 Å². The number of hydrogen-bond acceptors (Lipinski definition) is 6. The number of carbonyl (C=O) groups excluding carboxylic acids is 2. The van der Waals surface area contributed by atoms with Crippen LogP contribution in [0.3, 0.4) is 0 Å². The second-order valence-electron chi connectivity index (χ2n) is 11.7. The highest BCUT2D eigenvalue weighted by Crippen LogP contribution is 2.33. The van der Waals surface area contributed by atoms with E-state index in [4.69, 9.17) is 4.98 Å². The molecule has 3 heterocycles. The molecule has 1 aliphatic heterocycles. The van der Waals surface area contributed by atoms with Crippen molar-refractivity contribution >= 4 is 23.3 Å². The highest BCUT2D eigenvalue weighted by atomic mass is 16.2. The monoisotopic (exact) mass is 556 g/mol. The van der Waals surface area contributed by atoms with E-state index in [1.807, 2.05) is 57.3 Å². The fraction of sp³-hybridized carbons (Fsp3) is 0.438. The van der Waals surface area contributed by atoms with Gasteiger partial charge >= 0.3 is 0 Å². The first-order chi connectivity index (χ1) is 19.6. The Bertz CT molecular complexity index is 1500. The lowest BCUT2D eigenvalue weighted by Crippen LogP contribution is -2.42. The molecule has 216 valence electrons. The predicted molar refractivity (Wildman–Crippen MR) is 162 cm³/mol. The number of benzene rings is 1. The Morgan fingerprint density at radius 2 is 1.76 bits per heavy atom. The smallest absolute Gasteiger partial charge is 0.253 e. The number of pyridine rings is 2. The van der Waals surface area contributed by atoms with Crippen molar-refractivity contribution in [2.75, 3.05) is 37.4 Å². The van der Waals surface area contributed by atoms with Gasteiger partial charge in [0, 0.05) is 65.9 Å². The molecule has 2 aliphatic rings. The average Bonchev–Trinajstić information content (AvgIpc) is 3.79. The quantitative estimate of drug-likeness (QED) is 0.384. The summed E-state index contributed by atoms with van der Waals surface area (Å²) < 4.78 is 0. The predicted octanol–water partition coefficient (Wildman–Crippen LogP) is 4.17. The lowest BCUT2D eigenvalue weighted by molar-refractivity contribution is -0.117. The van der Waals surface area contributed by atoms with E-state index in [1.165, 1.54) is 0 Å². The van der Waals surface area contributed by atoms with Crippen molar-refractivity contribution < 1.29 is 9.59 Å². The van der Waals surface area contributed by atoms with Gasteiger partial charge in [0.05, 0.1) is 0 Å². The van der Waals surface area contributed by atoms with Gasteiger partial charge in [0.1, 0.15) is 5.82 Å². The molecular weight excluding hydrogens is 516 g/mol. The molecule has 9 nitrogen and oxygen atoms in total. The van der Waals surface area contributed by atoms with Gasteiger partial charge < -0.3 is 25.4 Å². The van der Waals surface area contributed by atoms with E-state index < -0.39 is 0 Å². The topological polar surface area (TPSA) is 110 Å². The standard InChI is InChI=1S/C32H40N6O3/c1-19-14-20(2)35-32(41)27(19)18-34-31(40)26-15-24(16-28(21(26)3)36-30(39)22-6-7-22)23-8-9-29(33-17-23)38-12-10-25(11-13-38)37(4)5/h8-9,14-17,22,25H,6-7,10-13,18H2,1-5H3,(H,34,40)(H,35,41)(H,36,39). The largest absolute Gasteiger partial charge is 0.357 e. The summed E-state index contributed by atoms with van der Waals surface area (Å²) >= 11 is 0. The molecule has 1 aromatic carbocycles. The van der Waals surface area contributed by atoms with Crippen LogP contribution in [0.4, 0.5) is 11.5 Å². The number of rotatable bonds is 8. The zero-order valence-corrected chi connectivity index (χ0v) is 24.6. The van der Waals surface area contributed by atoms with Crippen LogP contribution in [0.5, 0.6) is 0 Å². The molecule has 2 amide bonds. The SMILES string of the molecule is Cc1cc(C)c(CNC(=O)c2cc(-c3ccc(N4CCC(N(C)C)CC4)nc3)cc(NC(=O)C3CC3)c2C)c(=O)[nH]1. The first-order valence-electron chi connectivity index (χ1n) is 14.4. The summed E-state index contributed by atoms with van der Waals surface area (Å²) in [5.41, 5.74) is 5.32. The van der Waals surface area contributed by atoms with E-state index in [0.717, 1.165) is 67.0 Å². The van der Waals surface area contributed by atoms with Gasteiger partial charge in [-0.25, -0.2) is 4.98 Å². The van der Waals surface area contributed by atoms with E-state index >= 15 is 0 Å². The number of aryl methyl sites for hydroxylation is 2. The van der Waals surface area contributed by atoms with Crippen molar-refractivity contribution in [2.24, 2.45) is 5.92 Å². The Balaban J connectivity index is 1.40. The minimum atomic E-state index is -0.306. The molecule has 0 unspecified atom stereocenters. The highest BCUT2D eigenvalue weighted by Gasteiger charge is 2.30. The lowest BCUT2D eigenvalue weighted by atomic mass is 9.97. The van der Waals surface area contributed by atoms with Gasteiger partial charge in [-0.15, -0.1) is 0 Å². The Hall–Kier alpha value is -3.98. The average molecular weight is 557 g/mol. The van der Waals surface area contributed by atoms with E-state index in [2.05, 4.69) is 39.5 Å². The molecule has 0 spiro atoms. The van der Waals surface area contributed by atoms with E-state index in [-0.39, 0.29) is 29.8 Å². The van der Waals surface area contributed by atoms with Crippen molar-refractivity contribution in [2.45, 2.75) is 59.0 Å². The maximum Gasteiger partial charge on any atom is 0.253 e. The normalized spacial score (nSPS) is 15.7. The van der Waals surface area contributed by atoms with Crippen molar-refractivity contribution in [1.82, 2.24) is 20.2 Å². The van der Waals surface area contributed by atoms with Crippen LogP contribution in [-0.2, 0) is 11.3 Å². The third-order valence-electron chi connectivity index (χ3n) is 8.38. The Kier molecular flexibility index (Phi) is 8.26. The molecule has 3 aromatic rings. The number of hydrogen-bond donors (Lipinski definition) is 3. The molecule has 0 radical (unpaired) electrons. The Labute approximate surface area is 241 Å². The molecule has 3 N–H and O–H groups in total. The van der Waals surface area contributed by atoms with Crippen LogP contribution >= 0.6 is 0 Å². The fourth-order valence-electron chi connectivity index (χ4n) is 5.55. The highest BCUT2D eigenvalue weighted by molar-refractivity contribution is 6.02. The third-order valence-corrected chi connectivity index (χ3v) is 8.38. The number of aromatic nitrogens is 2. The van der Waals surface area contributed by atoms with Gasteiger partial charge in [-0.2, -0.15) is 0 Å². The first kappa shape index (κ1) is 28.5. The molecule has 1 saturated heterocycles. The van der Waals surface area contributed by atoms with Crippen LogP contribution in [0.2, 0.25) is 0 Å². The summed E-state index contributed by atoms with van der Waals surface area (Å²) in [7, 11) is 4.27. The number of nitrogens with zero attached hydrogens (tertiary/aromatic N) is 3. The molecular formula is C32H40N6O3. The number of carbonyl (C=O) groups is 2. The molecule has 1 aliphatic carbocycles. The molecule has 1 saturated carbocycles. The number of amides is 2. The first-order valence-corrected chi connectivity index (χ1v) is 14.4. The van der Waals surface area contributed by atoms with Crippen molar-refractivity contribution in [1.29, 1.82) is 0 Å². The van der Waals surface area contributed by atoms with Gasteiger partial charge in [-0.3, -0.25) is 14.4 Å². The molecule has 2 fully saturated rings. The third kappa shape index (κ3) is 6.51. The zero-order chi connectivity index (χ0) is 29.3. The summed E-state index contributed by atoms with van der Waals surface area (Å²) in [6, 6.07) is 10.3. The van der Waals surface area contributed by atoms with E-state index in [1.54, 1.807) is 0 Å². The minimum Gasteiger partial charge on any atom is -0.357 e. The number of anilines is 2. The van der Waals surface area contributed by atoms with E-state index in [9.17, 15) is 14.4 Å². The second-order valence-corrected chi connectivity index (χ2v) is 11.7. The summed E-state index contributed by atoms with van der Waals surface area (Å²) in [6.45, 7) is 7.56. The van der Waals surface area contributed by atoms with Gasteiger partial charge in [-0.1, -0.05) is 0 Å². The summed E-state index contributed by atoms with van der Waals surface area (Å²) in [5.74, 6) is 0.646. The van der Waals surface area contributed by atoms with Crippen LogP contribution in [0.15, 0.2) is 41.3 Å². The zero-order valence-electron chi connectivity index (χ0n) is 24.6. The summed E-state index contributed by atoms with van der Waals surface area (Å²) in [5, 5.41) is 5.96. The number of nitrogens with one attached hydrogen (secondary N) is 3. The summed E-state index contributed by atoms with van der Waals surface area (Å²) in [6.07, 6.45) is 5.82. The minimum absolute atomic E-state index is 0.0204. The molecule has 5 rings (SSSR count). The molecule has 41 heavy (non-hydrogen) atoms. The molecule has 0 atom stereocenters. The number of H-pyrrole nitrogens is 1. The van der Waals surface area contributed by atoms with Crippen LogP contribution < -0.4 is 21.1 Å². The van der Waals surface area contributed by atoms with Crippen LogP contribution in [-0.4, -0.2) is 59.9 Å². The second kappa shape index (κ2) is 11.9. The van der Waals surface area contributed by atoms with Crippen molar-refractivity contribution in [3.8, 4) is 11.1 Å². The fourth-order valence-corrected chi connectivity index (χ4v) is 5.55. The summed E-state index contributed by atoms with van der Waals surface area (Å²) in [4.78, 5) is 50.8. The lowest BCUT2D eigenvalue weighted by Gasteiger charge is -2.35. The maximum absolute atomic E-state index is 13.5. The van der Waals surface area contributed by atoms with Crippen LogP contribution in [0.1, 0.15) is 58.4 Å².